The van der Waals surface area contributed by atoms with Crippen LogP contribution in [0.15, 0.2) is 24.7 Å². The molecule has 0 aromatic carbocycles. The average molecular weight is 438 g/mol. The van der Waals surface area contributed by atoms with E-state index in [1.807, 2.05) is 28.7 Å². The van der Waals surface area contributed by atoms with Crippen LogP contribution in [-0.4, -0.2) is 47.1 Å². The molecule has 5 rings (SSSR count). The van der Waals surface area contributed by atoms with Gasteiger partial charge in [-0.25, -0.2) is 15.0 Å². The maximum atomic E-state index is 9.38. The van der Waals surface area contributed by atoms with Crippen molar-refractivity contribution >= 4 is 27.4 Å². The van der Waals surface area contributed by atoms with Crippen molar-refractivity contribution in [2.75, 3.05) is 11.9 Å². The molecular weight excluding hydrogens is 410 g/mol. The zero-order valence-electron chi connectivity index (χ0n) is 18.2. The first kappa shape index (κ1) is 20.1. The summed E-state index contributed by atoms with van der Waals surface area (Å²) < 4.78 is 3.91. The van der Waals surface area contributed by atoms with Crippen molar-refractivity contribution in [1.29, 1.82) is 0 Å². The number of aliphatic hydroxyl groups is 1. The molecule has 0 radical (unpaired) electrons. The molecule has 2 N–H and O–H groups in total. The number of nitrogens with one attached hydrogen (secondary N) is 1. The molecule has 162 valence electrons. The van der Waals surface area contributed by atoms with Crippen LogP contribution in [-0.2, 0) is 7.05 Å². The molecule has 31 heavy (non-hydrogen) atoms. The Bertz CT molecular complexity index is 1230. The van der Waals surface area contributed by atoms with Crippen molar-refractivity contribution in [2.24, 2.45) is 13.0 Å². The van der Waals surface area contributed by atoms with Crippen molar-refractivity contribution in [3.8, 4) is 22.2 Å². The minimum absolute atomic E-state index is 0.246. The number of fused-ring (bicyclic) bond motifs is 1. The van der Waals surface area contributed by atoms with Crippen LogP contribution >= 0.6 is 11.3 Å². The third-order valence-corrected chi connectivity index (χ3v) is 7.22. The van der Waals surface area contributed by atoms with E-state index in [1.165, 1.54) is 0 Å². The Balaban J connectivity index is 1.62. The highest BCUT2D eigenvalue weighted by molar-refractivity contribution is 7.22. The SMILES string of the molecule is Cc1c(-c2ccn(C(C)C)n2)sc2nc(-c3nccn3C)nc(N[C@H]3C[C@@H](CO)C3)c12. The standard InChI is InChI=1S/C22H27N7OS/c1-12(2)29-7-5-16(27-29)18-13(3)17-19(24-15-9-14(10-15)11-30)25-20(26-22(17)31-18)21-23-6-8-28(21)4/h5-8,12,14-15,30H,9-11H2,1-4H3,(H,24,25,26)/t14-,15+. The van der Waals surface area contributed by atoms with Crippen molar-refractivity contribution in [1.82, 2.24) is 29.3 Å². The van der Waals surface area contributed by atoms with E-state index in [2.05, 4.69) is 37.1 Å². The minimum Gasteiger partial charge on any atom is -0.396 e. The Labute approximate surface area is 185 Å². The second-order valence-corrected chi connectivity index (χ2v) is 9.63. The van der Waals surface area contributed by atoms with Crippen molar-refractivity contribution in [2.45, 2.75) is 45.7 Å². The number of rotatable bonds is 6. The number of thiophene rings is 1. The first-order chi connectivity index (χ1) is 14.9. The molecule has 0 aliphatic heterocycles. The molecule has 1 aliphatic rings. The van der Waals surface area contributed by atoms with E-state index < -0.39 is 0 Å². The van der Waals surface area contributed by atoms with E-state index in [1.54, 1.807) is 17.5 Å². The molecule has 1 fully saturated rings. The van der Waals surface area contributed by atoms with Gasteiger partial charge in [0.2, 0.25) is 0 Å². The lowest BCUT2D eigenvalue weighted by Crippen LogP contribution is -2.37. The Morgan fingerprint density at radius 2 is 2.06 bits per heavy atom. The summed E-state index contributed by atoms with van der Waals surface area (Å²) in [6, 6.07) is 2.69. The molecule has 1 aliphatic carbocycles. The lowest BCUT2D eigenvalue weighted by Gasteiger charge is -2.35. The molecule has 0 saturated heterocycles. The topological polar surface area (TPSA) is 93.7 Å². The van der Waals surface area contributed by atoms with E-state index in [9.17, 15) is 5.11 Å². The van der Waals surface area contributed by atoms with Gasteiger partial charge >= 0.3 is 0 Å². The lowest BCUT2D eigenvalue weighted by molar-refractivity contribution is 0.151. The van der Waals surface area contributed by atoms with Gasteiger partial charge in [0.25, 0.3) is 0 Å². The van der Waals surface area contributed by atoms with Crippen molar-refractivity contribution in [3.05, 3.63) is 30.2 Å². The predicted octanol–water partition coefficient (Wildman–Crippen LogP) is 4.03. The number of anilines is 1. The molecule has 0 atom stereocenters. The van der Waals surface area contributed by atoms with Gasteiger partial charge in [-0.1, -0.05) is 0 Å². The van der Waals surface area contributed by atoms with Crippen LogP contribution in [0.25, 0.3) is 32.4 Å². The molecule has 4 aromatic rings. The normalized spacial score (nSPS) is 18.6. The summed E-state index contributed by atoms with van der Waals surface area (Å²) in [5, 5.41) is 18.8. The van der Waals surface area contributed by atoms with Gasteiger partial charge in [-0.3, -0.25) is 4.68 Å². The fraction of sp³-hybridized carbons (Fsp3) is 0.455. The van der Waals surface area contributed by atoms with Crippen molar-refractivity contribution in [3.63, 3.8) is 0 Å². The molecule has 4 heterocycles. The van der Waals surface area contributed by atoms with E-state index in [0.29, 0.717) is 23.8 Å². The maximum Gasteiger partial charge on any atom is 0.199 e. The van der Waals surface area contributed by atoms with Crippen LogP contribution in [0.5, 0.6) is 0 Å². The van der Waals surface area contributed by atoms with Gasteiger partial charge in [-0.15, -0.1) is 11.3 Å². The number of aliphatic hydroxyl groups excluding tert-OH is 1. The fourth-order valence-electron chi connectivity index (χ4n) is 4.11. The first-order valence-electron chi connectivity index (χ1n) is 10.7. The van der Waals surface area contributed by atoms with Crippen molar-refractivity contribution < 1.29 is 5.11 Å². The van der Waals surface area contributed by atoms with Crippen LogP contribution in [0.1, 0.15) is 38.3 Å². The Morgan fingerprint density at radius 1 is 1.26 bits per heavy atom. The summed E-state index contributed by atoms with van der Waals surface area (Å²) in [6.45, 7) is 6.61. The van der Waals surface area contributed by atoms with Crippen LogP contribution in [0, 0.1) is 12.8 Å². The number of nitrogens with zero attached hydrogens (tertiary/aromatic N) is 6. The van der Waals surface area contributed by atoms with Crippen LogP contribution in [0.2, 0.25) is 0 Å². The van der Waals surface area contributed by atoms with Gasteiger partial charge in [0.1, 0.15) is 16.3 Å². The third-order valence-electron chi connectivity index (χ3n) is 6.02. The summed E-state index contributed by atoms with van der Waals surface area (Å²) in [5.74, 6) is 2.57. The molecular formula is C22H27N7OS. The summed E-state index contributed by atoms with van der Waals surface area (Å²) in [5.41, 5.74) is 2.10. The largest absolute Gasteiger partial charge is 0.396 e. The first-order valence-corrected chi connectivity index (χ1v) is 11.5. The van der Waals surface area contributed by atoms with E-state index >= 15 is 0 Å². The zero-order valence-corrected chi connectivity index (χ0v) is 19.0. The van der Waals surface area contributed by atoms with Crippen LogP contribution < -0.4 is 5.32 Å². The van der Waals surface area contributed by atoms with Crippen LogP contribution in [0.4, 0.5) is 5.82 Å². The third kappa shape index (κ3) is 3.51. The molecule has 9 heteroatoms. The number of aromatic nitrogens is 6. The monoisotopic (exact) mass is 437 g/mol. The highest BCUT2D eigenvalue weighted by atomic mass is 32.1. The van der Waals surface area contributed by atoms with E-state index in [0.717, 1.165) is 50.8 Å². The highest BCUT2D eigenvalue weighted by Crippen LogP contribution is 2.41. The lowest BCUT2D eigenvalue weighted by atomic mass is 9.81. The zero-order chi connectivity index (χ0) is 21.7. The summed E-state index contributed by atoms with van der Waals surface area (Å²) in [4.78, 5) is 16.3. The molecule has 0 bridgehead atoms. The molecule has 4 aromatic heterocycles. The van der Waals surface area contributed by atoms with Gasteiger partial charge in [0.05, 0.1) is 10.3 Å². The van der Waals surface area contributed by atoms with Gasteiger partial charge in [-0.2, -0.15) is 5.10 Å². The molecule has 8 nitrogen and oxygen atoms in total. The summed E-state index contributed by atoms with van der Waals surface area (Å²) in [7, 11) is 1.95. The number of aryl methyl sites for hydroxylation is 2. The molecule has 0 unspecified atom stereocenters. The summed E-state index contributed by atoms with van der Waals surface area (Å²) >= 11 is 1.65. The number of hydrogen-bond acceptors (Lipinski definition) is 7. The molecule has 1 saturated carbocycles. The maximum absolute atomic E-state index is 9.38. The average Bonchev–Trinajstić information content (AvgIpc) is 3.43. The number of hydrogen-bond donors (Lipinski definition) is 2. The smallest absolute Gasteiger partial charge is 0.199 e. The second-order valence-electron chi connectivity index (χ2n) is 8.63. The number of imidazole rings is 1. The minimum atomic E-state index is 0.246. The van der Waals surface area contributed by atoms with Gasteiger partial charge in [-0.05, 0) is 51.2 Å². The molecule has 0 spiro atoms. The van der Waals surface area contributed by atoms with Crippen LogP contribution in [0.3, 0.4) is 0 Å². The summed E-state index contributed by atoms with van der Waals surface area (Å²) in [6.07, 6.45) is 7.59. The van der Waals surface area contributed by atoms with Gasteiger partial charge in [0.15, 0.2) is 11.6 Å². The Morgan fingerprint density at radius 3 is 2.71 bits per heavy atom. The Hall–Kier alpha value is -2.78. The van der Waals surface area contributed by atoms with E-state index in [4.69, 9.17) is 15.1 Å². The predicted molar refractivity (Wildman–Crippen MR) is 123 cm³/mol. The van der Waals surface area contributed by atoms with Gasteiger partial charge < -0.3 is 15.0 Å². The highest BCUT2D eigenvalue weighted by Gasteiger charge is 2.30. The fourth-order valence-corrected chi connectivity index (χ4v) is 5.26. The quantitative estimate of drug-likeness (QED) is 0.473. The van der Waals surface area contributed by atoms with Gasteiger partial charge in [0, 0.05) is 44.3 Å². The van der Waals surface area contributed by atoms with E-state index in [-0.39, 0.29) is 6.61 Å². The Kier molecular flexibility index (Phi) is 5.02. The molecule has 0 amide bonds. The second kappa shape index (κ2) is 7.72.